The van der Waals surface area contributed by atoms with E-state index in [1.807, 2.05) is 19.1 Å². The van der Waals surface area contributed by atoms with E-state index >= 15 is 0 Å². The summed E-state index contributed by atoms with van der Waals surface area (Å²) in [7, 11) is 3.00. The number of nitriles is 1. The number of aryl methyl sites for hydroxylation is 2. The molecule has 2 heterocycles. The van der Waals surface area contributed by atoms with Gasteiger partial charge in [0.15, 0.2) is 11.2 Å². The molecular formula is C20H22N6O3. The van der Waals surface area contributed by atoms with Gasteiger partial charge in [0.2, 0.25) is 5.91 Å². The zero-order valence-corrected chi connectivity index (χ0v) is 16.5. The molecule has 29 heavy (non-hydrogen) atoms. The molecule has 1 N–H and O–H groups in total. The molecule has 0 saturated heterocycles. The molecule has 1 unspecified atom stereocenters. The van der Waals surface area contributed by atoms with Crippen LogP contribution >= 0.6 is 0 Å². The van der Waals surface area contributed by atoms with Crippen molar-refractivity contribution >= 4 is 17.1 Å². The average Bonchev–Trinajstić information content (AvgIpc) is 3.14. The zero-order valence-electron chi connectivity index (χ0n) is 16.5. The molecule has 0 saturated carbocycles. The van der Waals surface area contributed by atoms with E-state index in [2.05, 4.69) is 16.4 Å². The summed E-state index contributed by atoms with van der Waals surface area (Å²) in [5, 5.41) is 11.8. The molecule has 150 valence electrons. The molecule has 9 nitrogen and oxygen atoms in total. The van der Waals surface area contributed by atoms with E-state index in [1.165, 1.54) is 17.9 Å². The number of hydrogen-bond acceptors (Lipinski definition) is 5. The minimum Gasteiger partial charge on any atom is -0.350 e. The van der Waals surface area contributed by atoms with E-state index in [0.29, 0.717) is 29.7 Å². The quantitative estimate of drug-likeness (QED) is 0.669. The van der Waals surface area contributed by atoms with Gasteiger partial charge in [0.1, 0.15) is 0 Å². The van der Waals surface area contributed by atoms with Crippen LogP contribution in [0.3, 0.4) is 0 Å². The molecule has 0 fully saturated rings. The van der Waals surface area contributed by atoms with Gasteiger partial charge in [-0.1, -0.05) is 12.1 Å². The van der Waals surface area contributed by atoms with E-state index in [9.17, 15) is 14.4 Å². The third-order valence-corrected chi connectivity index (χ3v) is 4.94. The number of aromatic nitrogens is 4. The van der Waals surface area contributed by atoms with Crippen molar-refractivity contribution in [1.82, 2.24) is 24.0 Å². The van der Waals surface area contributed by atoms with Crippen LogP contribution in [0.5, 0.6) is 0 Å². The van der Waals surface area contributed by atoms with Gasteiger partial charge >= 0.3 is 5.69 Å². The molecule has 9 heteroatoms. The molecular weight excluding hydrogens is 372 g/mol. The molecule has 1 aromatic carbocycles. The van der Waals surface area contributed by atoms with E-state index in [1.54, 1.807) is 23.7 Å². The molecule has 0 aliphatic heterocycles. The molecule has 0 spiro atoms. The van der Waals surface area contributed by atoms with E-state index < -0.39 is 11.2 Å². The molecule has 0 aliphatic rings. The number of carbonyl (C=O) groups excluding carboxylic acids is 1. The van der Waals surface area contributed by atoms with Crippen LogP contribution in [0, 0.1) is 11.3 Å². The van der Waals surface area contributed by atoms with Crippen LogP contribution < -0.4 is 16.6 Å². The Bertz CT molecular complexity index is 1210. The summed E-state index contributed by atoms with van der Waals surface area (Å²) >= 11 is 0. The van der Waals surface area contributed by atoms with Crippen molar-refractivity contribution in [3.05, 3.63) is 62.6 Å². The van der Waals surface area contributed by atoms with Gasteiger partial charge in [-0.15, -0.1) is 0 Å². The van der Waals surface area contributed by atoms with Crippen LogP contribution in [0.25, 0.3) is 11.2 Å². The van der Waals surface area contributed by atoms with Crippen molar-refractivity contribution in [3.63, 3.8) is 0 Å². The molecule has 2 aromatic heterocycles. The highest BCUT2D eigenvalue weighted by Crippen LogP contribution is 2.14. The van der Waals surface area contributed by atoms with Crippen LogP contribution in [0.15, 0.2) is 40.2 Å². The first-order chi connectivity index (χ1) is 13.8. The second-order valence-electron chi connectivity index (χ2n) is 6.94. The van der Waals surface area contributed by atoms with Crippen LogP contribution in [0.4, 0.5) is 0 Å². The second kappa shape index (κ2) is 8.14. The lowest BCUT2D eigenvalue weighted by Gasteiger charge is -2.14. The number of fused-ring (bicyclic) bond motifs is 1. The first-order valence-corrected chi connectivity index (χ1v) is 9.23. The summed E-state index contributed by atoms with van der Waals surface area (Å²) < 4.78 is 4.06. The Morgan fingerprint density at radius 3 is 2.55 bits per heavy atom. The largest absolute Gasteiger partial charge is 0.350 e. The van der Waals surface area contributed by atoms with E-state index in [-0.39, 0.29) is 18.4 Å². The van der Waals surface area contributed by atoms with Crippen molar-refractivity contribution in [2.24, 2.45) is 14.1 Å². The van der Waals surface area contributed by atoms with Gasteiger partial charge in [-0.25, -0.2) is 9.78 Å². The maximum absolute atomic E-state index is 12.4. The average molecular weight is 394 g/mol. The Morgan fingerprint density at radius 1 is 1.21 bits per heavy atom. The Balaban J connectivity index is 1.63. The lowest BCUT2D eigenvalue weighted by atomic mass is 10.1. The third kappa shape index (κ3) is 3.96. The van der Waals surface area contributed by atoms with Gasteiger partial charge in [-0.2, -0.15) is 5.26 Å². The Kier molecular flexibility index (Phi) is 5.64. The zero-order chi connectivity index (χ0) is 21.1. The number of imidazole rings is 1. The van der Waals surface area contributed by atoms with Gasteiger partial charge in [0.05, 0.1) is 24.0 Å². The van der Waals surface area contributed by atoms with Crippen molar-refractivity contribution in [2.45, 2.75) is 32.4 Å². The van der Waals surface area contributed by atoms with Gasteiger partial charge < -0.3 is 9.88 Å². The van der Waals surface area contributed by atoms with Crippen LogP contribution in [0.1, 0.15) is 36.9 Å². The monoisotopic (exact) mass is 394 g/mol. The maximum atomic E-state index is 12.4. The van der Waals surface area contributed by atoms with Gasteiger partial charge in [0.25, 0.3) is 5.56 Å². The second-order valence-corrected chi connectivity index (χ2v) is 6.94. The highest BCUT2D eigenvalue weighted by molar-refractivity contribution is 5.76. The molecule has 3 aromatic rings. The van der Waals surface area contributed by atoms with Gasteiger partial charge in [-0.3, -0.25) is 18.7 Å². The lowest BCUT2D eigenvalue weighted by Crippen LogP contribution is -2.37. The minimum absolute atomic E-state index is 0.105. The highest BCUT2D eigenvalue weighted by Gasteiger charge is 2.15. The number of hydrogen-bond donors (Lipinski definition) is 1. The Morgan fingerprint density at radius 2 is 1.90 bits per heavy atom. The molecule has 1 amide bonds. The SMILES string of the molecule is CC(NC(=O)CCCn1cnc2c1c(=O)n(C)c(=O)n2C)c1ccc(C#N)cc1. The summed E-state index contributed by atoms with van der Waals surface area (Å²) in [4.78, 5) is 40.8. The maximum Gasteiger partial charge on any atom is 0.332 e. The van der Waals surface area contributed by atoms with Crippen molar-refractivity contribution in [2.75, 3.05) is 0 Å². The predicted octanol–water partition coefficient (Wildman–Crippen LogP) is 0.963. The lowest BCUT2D eigenvalue weighted by molar-refractivity contribution is -0.121. The molecule has 0 bridgehead atoms. The minimum atomic E-state index is -0.427. The first kappa shape index (κ1) is 20.1. The fraction of sp³-hybridized carbons (Fsp3) is 0.350. The van der Waals surface area contributed by atoms with Crippen LogP contribution in [0.2, 0.25) is 0 Å². The number of benzene rings is 1. The van der Waals surface area contributed by atoms with Gasteiger partial charge in [-0.05, 0) is 31.0 Å². The number of nitrogens with zero attached hydrogens (tertiary/aromatic N) is 5. The Hall–Kier alpha value is -3.67. The fourth-order valence-electron chi connectivity index (χ4n) is 3.22. The number of rotatable bonds is 6. The topological polar surface area (TPSA) is 115 Å². The number of nitrogens with one attached hydrogen (secondary N) is 1. The summed E-state index contributed by atoms with van der Waals surface area (Å²) in [6.07, 6.45) is 2.32. The smallest absolute Gasteiger partial charge is 0.332 e. The first-order valence-electron chi connectivity index (χ1n) is 9.23. The van der Waals surface area contributed by atoms with Crippen LogP contribution in [-0.4, -0.2) is 24.6 Å². The number of amides is 1. The molecule has 0 aliphatic carbocycles. The van der Waals surface area contributed by atoms with Crippen molar-refractivity contribution in [1.29, 1.82) is 5.26 Å². The fourth-order valence-corrected chi connectivity index (χ4v) is 3.22. The van der Waals surface area contributed by atoms with Crippen LogP contribution in [-0.2, 0) is 25.4 Å². The third-order valence-electron chi connectivity index (χ3n) is 4.94. The highest BCUT2D eigenvalue weighted by atomic mass is 16.2. The van der Waals surface area contributed by atoms with Crippen molar-refractivity contribution in [3.8, 4) is 6.07 Å². The summed E-state index contributed by atoms with van der Waals surface area (Å²) in [6.45, 7) is 2.31. The molecule has 1 atom stereocenters. The van der Waals surface area contributed by atoms with Crippen molar-refractivity contribution < 1.29 is 4.79 Å². The van der Waals surface area contributed by atoms with E-state index in [0.717, 1.165) is 10.1 Å². The molecule has 0 radical (unpaired) electrons. The number of carbonyl (C=O) groups is 1. The van der Waals surface area contributed by atoms with E-state index in [4.69, 9.17) is 5.26 Å². The van der Waals surface area contributed by atoms with Gasteiger partial charge in [0, 0.05) is 27.1 Å². The standard InChI is InChI=1S/C20H22N6O3/c1-13(15-8-6-14(11-21)7-9-15)23-16(27)5-4-10-26-12-22-18-17(26)19(28)25(3)20(29)24(18)2/h6-9,12-13H,4-5,10H2,1-3H3,(H,23,27). The predicted molar refractivity (Wildman–Crippen MR) is 107 cm³/mol. The molecule has 3 rings (SSSR count). The normalized spacial score (nSPS) is 11.9. The summed E-state index contributed by atoms with van der Waals surface area (Å²) in [5.41, 5.74) is 1.34. The summed E-state index contributed by atoms with van der Waals surface area (Å²) in [5.74, 6) is -0.105. The summed E-state index contributed by atoms with van der Waals surface area (Å²) in [6, 6.07) is 8.97. The Labute approximate surface area is 166 Å².